The van der Waals surface area contributed by atoms with Crippen LogP contribution in [-0.4, -0.2) is 7.11 Å². The van der Waals surface area contributed by atoms with E-state index in [1.807, 2.05) is 0 Å². The number of nitrogens with two attached hydrogens (primary N) is 1. The fraction of sp³-hybridized carbons (Fsp3) is 0.111. The maximum atomic E-state index is 5.82. The second-order valence-electron chi connectivity index (χ2n) is 2.37. The smallest absolute Gasteiger partial charge is 0.128 e. The number of hydrogen-bond acceptors (Lipinski definition) is 2. The normalized spacial score (nSPS) is 10.7. The highest BCUT2D eigenvalue weighted by molar-refractivity contribution is 6.33. The van der Waals surface area contributed by atoms with Crippen LogP contribution in [0.4, 0.5) is 5.69 Å². The topological polar surface area (TPSA) is 35.2 Å². The molecule has 70 valence electrons. The predicted octanol–water partition coefficient (Wildman–Crippen LogP) is 3.14. The van der Waals surface area contributed by atoms with E-state index < -0.39 is 0 Å². The summed E-state index contributed by atoms with van der Waals surface area (Å²) in [5.41, 5.74) is 8.26. The Morgan fingerprint density at radius 2 is 2.15 bits per heavy atom. The zero-order valence-corrected chi connectivity index (χ0v) is 8.56. The van der Waals surface area contributed by atoms with E-state index in [1.165, 1.54) is 5.54 Å². The minimum Gasteiger partial charge on any atom is -0.496 e. The van der Waals surface area contributed by atoms with Gasteiger partial charge in [0, 0.05) is 11.1 Å². The quantitative estimate of drug-likeness (QED) is 0.774. The Morgan fingerprint density at radius 1 is 1.46 bits per heavy atom. The Bertz CT molecular complexity index is 337. The molecule has 0 atom stereocenters. The second-order valence-corrected chi connectivity index (χ2v) is 3.03. The molecule has 0 aromatic heterocycles. The first-order valence-electron chi connectivity index (χ1n) is 3.59. The van der Waals surface area contributed by atoms with Crippen LogP contribution in [0.3, 0.4) is 0 Å². The van der Waals surface area contributed by atoms with Gasteiger partial charge in [0.05, 0.1) is 17.8 Å². The number of hydrogen-bond donors (Lipinski definition) is 1. The molecule has 0 radical (unpaired) electrons. The standard InChI is InChI=1S/C9H9Cl2NO/c1-13-8-3-2-7(11)9(12)6(8)4-5-10/h2-5H,12H2,1H3/b5-4+. The van der Waals surface area contributed by atoms with E-state index in [0.717, 1.165) is 0 Å². The summed E-state index contributed by atoms with van der Waals surface area (Å²) >= 11 is 11.3. The van der Waals surface area contributed by atoms with Crippen LogP contribution >= 0.6 is 23.2 Å². The second kappa shape index (κ2) is 4.40. The van der Waals surface area contributed by atoms with Gasteiger partial charge in [0.25, 0.3) is 0 Å². The lowest BCUT2D eigenvalue weighted by atomic mass is 10.1. The third-order valence-electron chi connectivity index (χ3n) is 1.64. The van der Waals surface area contributed by atoms with E-state index in [-0.39, 0.29) is 0 Å². The number of methoxy groups -OCH3 is 1. The average Bonchev–Trinajstić information content (AvgIpc) is 2.14. The molecule has 0 aliphatic heterocycles. The van der Waals surface area contributed by atoms with E-state index in [1.54, 1.807) is 25.3 Å². The van der Waals surface area contributed by atoms with E-state index in [4.69, 9.17) is 33.7 Å². The maximum Gasteiger partial charge on any atom is 0.128 e. The highest BCUT2D eigenvalue weighted by atomic mass is 35.5. The summed E-state index contributed by atoms with van der Waals surface area (Å²) in [6.45, 7) is 0. The lowest BCUT2D eigenvalue weighted by Crippen LogP contribution is -1.94. The number of ether oxygens (including phenoxy) is 1. The van der Waals surface area contributed by atoms with Crippen molar-refractivity contribution in [1.29, 1.82) is 0 Å². The fourth-order valence-electron chi connectivity index (χ4n) is 1.00. The Hall–Kier alpha value is -0.860. The van der Waals surface area contributed by atoms with Gasteiger partial charge in [0.15, 0.2) is 0 Å². The molecule has 13 heavy (non-hydrogen) atoms. The van der Waals surface area contributed by atoms with E-state index in [2.05, 4.69) is 0 Å². The van der Waals surface area contributed by atoms with Gasteiger partial charge in [-0.25, -0.2) is 0 Å². The highest BCUT2D eigenvalue weighted by Crippen LogP contribution is 2.31. The van der Waals surface area contributed by atoms with Gasteiger partial charge in [0.2, 0.25) is 0 Å². The zero-order chi connectivity index (χ0) is 9.84. The number of anilines is 1. The Balaban J connectivity index is 3.32. The van der Waals surface area contributed by atoms with Crippen molar-refractivity contribution in [2.24, 2.45) is 0 Å². The first kappa shape index (κ1) is 10.2. The van der Waals surface area contributed by atoms with Crippen molar-refractivity contribution in [3.8, 4) is 5.75 Å². The first-order valence-corrected chi connectivity index (χ1v) is 4.41. The summed E-state index contributed by atoms with van der Waals surface area (Å²) < 4.78 is 5.09. The monoisotopic (exact) mass is 217 g/mol. The Labute approximate surface area is 86.9 Å². The van der Waals surface area contributed by atoms with Gasteiger partial charge in [-0.05, 0) is 18.2 Å². The largest absolute Gasteiger partial charge is 0.496 e. The zero-order valence-electron chi connectivity index (χ0n) is 7.05. The van der Waals surface area contributed by atoms with Crippen molar-refractivity contribution in [3.05, 3.63) is 28.3 Å². The van der Waals surface area contributed by atoms with Crippen molar-refractivity contribution in [1.82, 2.24) is 0 Å². The molecular formula is C9H9Cl2NO. The maximum absolute atomic E-state index is 5.82. The van der Waals surface area contributed by atoms with Crippen LogP contribution in [0.5, 0.6) is 5.75 Å². The van der Waals surface area contributed by atoms with Crippen LogP contribution < -0.4 is 10.5 Å². The van der Waals surface area contributed by atoms with Gasteiger partial charge in [-0.2, -0.15) is 0 Å². The summed E-state index contributed by atoms with van der Waals surface area (Å²) in [5.74, 6) is 0.652. The van der Waals surface area contributed by atoms with E-state index in [0.29, 0.717) is 22.0 Å². The van der Waals surface area contributed by atoms with Crippen molar-refractivity contribution in [2.45, 2.75) is 0 Å². The third-order valence-corrected chi connectivity index (χ3v) is 2.10. The lowest BCUT2D eigenvalue weighted by Gasteiger charge is -2.08. The van der Waals surface area contributed by atoms with E-state index in [9.17, 15) is 0 Å². The fourth-order valence-corrected chi connectivity index (χ4v) is 1.29. The molecule has 0 bridgehead atoms. The third kappa shape index (κ3) is 2.08. The van der Waals surface area contributed by atoms with Crippen LogP contribution in [0.1, 0.15) is 5.56 Å². The van der Waals surface area contributed by atoms with Crippen LogP contribution in [0, 0.1) is 0 Å². The summed E-state index contributed by atoms with van der Waals surface area (Å²) in [4.78, 5) is 0. The Kier molecular flexibility index (Phi) is 3.46. The van der Waals surface area contributed by atoms with Gasteiger partial charge in [-0.15, -0.1) is 0 Å². The molecule has 0 fully saturated rings. The van der Waals surface area contributed by atoms with Crippen molar-refractivity contribution in [2.75, 3.05) is 12.8 Å². The molecule has 1 rings (SSSR count). The molecule has 0 aliphatic carbocycles. The van der Waals surface area contributed by atoms with Gasteiger partial charge in [-0.3, -0.25) is 0 Å². The van der Waals surface area contributed by atoms with Crippen molar-refractivity contribution >= 4 is 35.0 Å². The van der Waals surface area contributed by atoms with Gasteiger partial charge >= 0.3 is 0 Å². The van der Waals surface area contributed by atoms with Gasteiger partial charge in [0.1, 0.15) is 5.75 Å². The number of halogens is 2. The van der Waals surface area contributed by atoms with E-state index >= 15 is 0 Å². The van der Waals surface area contributed by atoms with Crippen LogP contribution in [0.25, 0.3) is 6.08 Å². The molecule has 0 saturated heterocycles. The molecule has 0 heterocycles. The lowest BCUT2D eigenvalue weighted by molar-refractivity contribution is 0.414. The Morgan fingerprint density at radius 3 is 2.69 bits per heavy atom. The van der Waals surface area contributed by atoms with Crippen molar-refractivity contribution < 1.29 is 4.74 Å². The molecule has 1 aromatic carbocycles. The summed E-state index contributed by atoms with van der Waals surface area (Å²) in [6, 6.07) is 3.42. The van der Waals surface area contributed by atoms with Gasteiger partial charge < -0.3 is 10.5 Å². The average molecular weight is 218 g/mol. The minimum atomic E-state index is 0.470. The van der Waals surface area contributed by atoms with Crippen LogP contribution in [-0.2, 0) is 0 Å². The summed E-state index contributed by atoms with van der Waals surface area (Å²) in [6.07, 6.45) is 1.64. The van der Waals surface area contributed by atoms with Crippen LogP contribution in [0.15, 0.2) is 17.7 Å². The molecule has 4 heteroatoms. The number of nitrogen functional groups attached to an aromatic ring is 1. The molecule has 0 unspecified atom stereocenters. The van der Waals surface area contributed by atoms with Crippen LogP contribution in [0.2, 0.25) is 5.02 Å². The minimum absolute atomic E-state index is 0.470. The molecule has 0 saturated carbocycles. The summed E-state index contributed by atoms with van der Waals surface area (Å²) in [5, 5.41) is 0.491. The molecule has 1 aromatic rings. The number of benzene rings is 1. The molecular weight excluding hydrogens is 209 g/mol. The number of rotatable bonds is 2. The molecule has 2 N–H and O–H groups in total. The van der Waals surface area contributed by atoms with Gasteiger partial charge in [-0.1, -0.05) is 23.2 Å². The molecule has 0 amide bonds. The van der Waals surface area contributed by atoms with Crippen molar-refractivity contribution in [3.63, 3.8) is 0 Å². The predicted molar refractivity (Wildman–Crippen MR) is 57.3 cm³/mol. The summed E-state index contributed by atoms with van der Waals surface area (Å²) in [7, 11) is 1.56. The molecule has 0 spiro atoms. The SMILES string of the molecule is COc1ccc(Cl)c(N)c1/C=C/Cl. The highest BCUT2D eigenvalue weighted by Gasteiger charge is 2.06. The molecule has 0 aliphatic rings. The molecule has 2 nitrogen and oxygen atoms in total. The first-order chi connectivity index (χ1) is 6.20.